The number of likely N-dealkylation sites (tertiary alicyclic amines) is 1. The van der Waals surface area contributed by atoms with Gasteiger partial charge in [-0.05, 0) is 47.0 Å². The van der Waals surface area contributed by atoms with Crippen molar-refractivity contribution in [1.82, 2.24) is 20.0 Å². The normalized spacial score (nSPS) is 24.8. The topological polar surface area (TPSA) is 50.2 Å². The molecular weight excluding hydrogens is 300 g/mol. The molecule has 2 fully saturated rings. The van der Waals surface area contributed by atoms with Gasteiger partial charge in [0.1, 0.15) is 0 Å². The van der Waals surface area contributed by atoms with Gasteiger partial charge in [0.25, 0.3) is 5.91 Å². The van der Waals surface area contributed by atoms with Crippen molar-refractivity contribution in [1.29, 1.82) is 0 Å². The van der Waals surface area contributed by atoms with Gasteiger partial charge in [-0.2, -0.15) is 5.10 Å². The van der Waals surface area contributed by atoms with Gasteiger partial charge in [0.2, 0.25) is 0 Å². The van der Waals surface area contributed by atoms with E-state index in [1.807, 2.05) is 16.5 Å². The second-order valence-electron chi connectivity index (χ2n) is 7.40. The van der Waals surface area contributed by atoms with E-state index < -0.39 is 0 Å². The van der Waals surface area contributed by atoms with Gasteiger partial charge in [0, 0.05) is 30.9 Å². The number of amides is 1. The van der Waals surface area contributed by atoms with Crippen LogP contribution in [0.25, 0.3) is 0 Å². The summed E-state index contributed by atoms with van der Waals surface area (Å²) in [6.07, 6.45) is 5.25. The number of halogens is 1. The standard InChI is InChI=1S/C16H26N4O.ClH/c1-11-14(9-17-20(11)16(2,3)4)15(21)19-8-7-12-5-6-13(10-19)18-12;/h9,12-13,18H,5-8,10H2,1-4H3;1H. The molecule has 5 nitrogen and oxygen atoms in total. The largest absolute Gasteiger partial charge is 0.337 e. The van der Waals surface area contributed by atoms with Crippen LogP contribution in [0.2, 0.25) is 0 Å². The molecule has 3 heterocycles. The van der Waals surface area contributed by atoms with E-state index in [9.17, 15) is 4.79 Å². The third-order valence-electron chi connectivity index (χ3n) is 4.69. The third kappa shape index (κ3) is 3.15. The predicted octanol–water partition coefficient (Wildman–Crippen LogP) is 2.33. The number of carbonyl (C=O) groups excluding carboxylic acids is 1. The molecule has 124 valence electrons. The highest BCUT2D eigenvalue weighted by Crippen LogP contribution is 2.23. The highest BCUT2D eigenvalue weighted by molar-refractivity contribution is 5.95. The molecule has 0 saturated carbocycles. The van der Waals surface area contributed by atoms with E-state index in [0.29, 0.717) is 12.1 Å². The minimum atomic E-state index is -0.0952. The maximum absolute atomic E-state index is 12.8. The van der Waals surface area contributed by atoms with Crippen molar-refractivity contribution in [3.05, 3.63) is 17.5 Å². The first-order chi connectivity index (χ1) is 9.86. The highest BCUT2D eigenvalue weighted by atomic mass is 35.5. The van der Waals surface area contributed by atoms with Crippen LogP contribution < -0.4 is 5.32 Å². The molecule has 0 radical (unpaired) electrons. The van der Waals surface area contributed by atoms with E-state index in [2.05, 4.69) is 31.2 Å². The van der Waals surface area contributed by atoms with Crippen molar-refractivity contribution in [2.24, 2.45) is 0 Å². The Bertz CT molecular complexity index is 549. The van der Waals surface area contributed by atoms with E-state index >= 15 is 0 Å². The average molecular weight is 327 g/mol. The van der Waals surface area contributed by atoms with E-state index in [4.69, 9.17) is 0 Å². The lowest BCUT2D eigenvalue weighted by molar-refractivity contribution is 0.0747. The molecule has 2 unspecified atom stereocenters. The Morgan fingerprint density at radius 3 is 2.59 bits per heavy atom. The van der Waals surface area contributed by atoms with Gasteiger partial charge in [-0.1, -0.05) is 0 Å². The fourth-order valence-electron chi connectivity index (χ4n) is 3.59. The van der Waals surface area contributed by atoms with Gasteiger partial charge >= 0.3 is 0 Å². The fourth-order valence-corrected chi connectivity index (χ4v) is 3.59. The van der Waals surface area contributed by atoms with Crippen LogP contribution in [-0.4, -0.2) is 45.8 Å². The molecular formula is C16H27ClN4O. The lowest BCUT2D eigenvalue weighted by Crippen LogP contribution is -2.39. The van der Waals surface area contributed by atoms with Crippen molar-refractivity contribution in [2.45, 2.75) is 64.6 Å². The van der Waals surface area contributed by atoms with Crippen LogP contribution >= 0.6 is 12.4 Å². The van der Waals surface area contributed by atoms with E-state index in [1.54, 1.807) is 6.20 Å². The molecule has 6 heteroatoms. The number of hydrogen-bond acceptors (Lipinski definition) is 3. The summed E-state index contributed by atoms with van der Waals surface area (Å²) in [5, 5.41) is 8.05. The Labute approximate surface area is 138 Å². The molecule has 2 aliphatic heterocycles. The van der Waals surface area contributed by atoms with Gasteiger partial charge in [-0.3, -0.25) is 9.48 Å². The minimum Gasteiger partial charge on any atom is -0.337 e. The molecule has 2 saturated heterocycles. The number of aromatic nitrogens is 2. The molecule has 1 aromatic heterocycles. The summed E-state index contributed by atoms with van der Waals surface area (Å²) in [6, 6.07) is 1.07. The Morgan fingerprint density at radius 1 is 1.27 bits per heavy atom. The molecule has 2 aliphatic rings. The number of fused-ring (bicyclic) bond motifs is 2. The van der Waals surface area contributed by atoms with Crippen molar-refractivity contribution >= 4 is 18.3 Å². The van der Waals surface area contributed by atoms with Crippen LogP contribution in [0.5, 0.6) is 0 Å². The van der Waals surface area contributed by atoms with Crippen molar-refractivity contribution in [3.8, 4) is 0 Å². The van der Waals surface area contributed by atoms with Gasteiger partial charge in [-0.25, -0.2) is 0 Å². The van der Waals surface area contributed by atoms with E-state index in [-0.39, 0.29) is 23.9 Å². The molecule has 0 aliphatic carbocycles. The average Bonchev–Trinajstić information content (AvgIpc) is 2.91. The van der Waals surface area contributed by atoms with Crippen LogP contribution in [0.3, 0.4) is 0 Å². The maximum Gasteiger partial charge on any atom is 0.257 e. The second kappa shape index (κ2) is 6.20. The molecule has 1 N–H and O–H groups in total. The zero-order valence-electron chi connectivity index (χ0n) is 13.9. The molecule has 0 aromatic carbocycles. The molecule has 2 bridgehead atoms. The summed E-state index contributed by atoms with van der Waals surface area (Å²) in [6.45, 7) is 10.00. The highest BCUT2D eigenvalue weighted by Gasteiger charge is 2.32. The number of carbonyl (C=O) groups is 1. The van der Waals surface area contributed by atoms with Gasteiger partial charge in [0.05, 0.1) is 17.3 Å². The fraction of sp³-hybridized carbons (Fsp3) is 0.750. The Hall–Kier alpha value is -1.07. The van der Waals surface area contributed by atoms with E-state index in [0.717, 1.165) is 30.8 Å². The first kappa shape index (κ1) is 17.3. The van der Waals surface area contributed by atoms with Gasteiger partial charge in [0.15, 0.2) is 0 Å². The van der Waals surface area contributed by atoms with Crippen LogP contribution in [-0.2, 0) is 5.54 Å². The number of hydrogen-bond donors (Lipinski definition) is 1. The molecule has 1 amide bonds. The number of nitrogens with one attached hydrogen (secondary N) is 1. The van der Waals surface area contributed by atoms with Gasteiger partial charge in [-0.15, -0.1) is 12.4 Å². The summed E-state index contributed by atoms with van der Waals surface area (Å²) < 4.78 is 1.95. The number of nitrogens with zero attached hydrogens (tertiary/aromatic N) is 3. The summed E-state index contributed by atoms with van der Waals surface area (Å²) in [5.74, 6) is 0.136. The summed E-state index contributed by atoms with van der Waals surface area (Å²) in [5.41, 5.74) is 1.62. The first-order valence-electron chi connectivity index (χ1n) is 7.96. The Morgan fingerprint density at radius 2 is 1.95 bits per heavy atom. The second-order valence-corrected chi connectivity index (χ2v) is 7.40. The van der Waals surface area contributed by atoms with Crippen LogP contribution in [0.15, 0.2) is 6.20 Å². The van der Waals surface area contributed by atoms with Crippen molar-refractivity contribution in [2.75, 3.05) is 13.1 Å². The van der Waals surface area contributed by atoms with Crippen LogP contribution in [0.1, 0.15) is 56.1 Å². The van der Waals surface area contributed by atoms with E-state index in [1.165, 1.54) is 12.8 Å². The number of rotatable bonds is 1. The zero-order chi connectivity index (χ0) is 15.2. The first-order valence-corrected chi connectivity index (χ1v) is 7.96. The molecule has 0 spiro atoms. The van der Waals surface area contributed by atoms with Crippen molar-refractivity contribution < 1.29 is 4.79 Å². The lowest BCUT2D eigenvalue weighted by atomic mass is 10.1. The summed E-state index contributed by atoms with van der Waals surface area (Å²) in [7, 11) is 0. The van der Waals surface area contributed by atoms with Crippen LogP contribution in [0, 0.1) is 6.92 Å². The Balaban J connectivity index is 0.00000176. The molecule has 2 atom stereocenters. The molecule has 3 rings (SSSR count). The van der Waals surface area contributed by atoms with Crippen molar-refractivity contribution in [3.63, 3.8) is 0 Å². The van der Waals surface area contributed by atoms with Gasteiger partial charge < -0.3 is 10.2 Å². The van der Waals surface area contributed by atoms with Crippen LogP contribution in [0.4, 0.5) is 0 Å². The monoisotopic (exact) mass is 326 g/mol. The smallest absolute Gasteiger partial charge is 0.257 e. The SMILES string of the molecule is Cc1c(C(=O)N2CCC3CCC(C2)N3)cnn1C(C)(C)C.Cl. The third-order valence-corrected chi connectivity index (χ3v) is 4.69. The maximum atomic E-state index is 12.8. The minimum absolute atomic E-state index is 0. The predicted molar refractivity (Wildman–Crippen MR) is 89.7 cm³/mol. The molecule has 22 heavy (non-hydrogen) atoms. The summed E-state index contributed by atoms with van der Waals surface area (Å²) >= 11 is 0. The summed E-state index contributed by atoms with van der Waals surface area (Å²) in [4.78, 5) is 14.8. The zero-order valence-corrected chi connectivity index (χ0v) is 14.7. The molecule has 1 aromatic rings. The quantitative estimate of drug-likeness (QED) is 0.861. The lowest BCUT2D eigenvalue weighted by Gasteiger charge is -2.25. The Kier molecular flexibility index (Phi) is 4.87.